The summed E-state index contributed by atoms with van der Waals surface area (Å²) in [5.41, 5.74) is 1.36. The average Bonchev–Trinajstić information content (AvgIpc) is 2.65. The van der Waals surface area contributed by atoms with Crippen LogP contribution in [0.2, 0.25) is 16.6 Å². The second-order valence-corrected chi connectivity index (χ2v) is 14.4. The van der Waals surface area contributed by atoms with Gasteiger partial charge in [0.15, 0.2) is 18.3 Å². The van der Waals surface area contributed by atoms with Crippen molar-refractivity contribution in [1.82, 2.24) is 0 Å². The minimum Gasteiger partial charge on any atom is -0.493 e. The number of methoxy groups -OCH3 is 2. The third-order valence-corrected chi connectivity index (χ3v) is 11.8. The number of benzene rings is 1. The standard InChI is InChI=1S/C21H37BrO6Si/c1-14(2)29(15(3)4,16(5)6)27-12-18(11-23)28-20-10-17(22)9-19(25-8)21(20)26-13-24-7/h9-10,14-16,18,23H,11-13H2,1-8H3/t18-/m1/s1. The fourth-order valence-electron chi connectivity index (χ4n) is 4.08. The van der Waals surface area contributed by atoms with Crippen LogP contribution in [0.1, 0.15) is 41.5 Å². The van der Waals surface area contributed by atoms with Crippen LogP contribution in [0.5, 0.6) is 17.2 Å². The molecule has 0 aromatic heterocycles. The summed E-state index contributed by atoms with van der Waals surface area (Å²) in [6.07, 6.45) is -0.526. The number of aliphatic hydroxyl groups excluding tert-OH is 1. The predicted molar refractivity (Wildman–Crippen MR) is 122 cm³/mol. The van der Waals surface area contributed by atoms with E-state index in [1.807, 2.05) is 0 Å². The van der Waals surface area contributed by atoms with Gasteiger partial charge in [-0.05, 0) is 28.8 Å². The third kappa shape index (κ3) is 6.59. The molecule has 0 saturated heterocycles. The maximum atomic E-state index is 9.96. The summed E-state index contributed by atoms with van der Waals surface area (Å²) in [6.45, 7) is 13.6. The molecule has 0 bridgehead atoms. The molecule has 0 fully saturated rings. The molecular weight excluding hydrogens is 456 g/mol. The van der Waals surface area contributed by atoms with Gasteiger partial charge in [0.05, 0.1) is 20.3 Å². The Labute approximate surface area is 185 Å². The number of halogens is 1. The molecule has 1 atom stereocenters. The molecule has 1 aromatic carbocycles. The van der Waals surface area contributed by atoms with Gasteiger partial charge in [-0.15, -0.1) is 0 Å². The van der Waals surface area contributed by atoms with Gasteiger partial charge in [-0.25, -0.2) is 0 Å². The summed E-state index contributed by atoms with van der Waals surface area (Å²) >= 11 is 3.46. The van der Waals surface area contributed by atoms with Crippen LogP contribution < -0.4 is 14.2 Å². The summed E-state index contributed by atoms with van der Waals surface area (Å²) < 4.78 is 29.6. The first-order chi connectivity index (χ1) is 13.6. The van der Waals surface area contributed by atoms with Crippen molar-refractivity contribution in [1.29, 1.82) is 0 Å². The highest BCUT2D eigenvalue weighted by atomic mass is 79.9. The lowest BCUT2D eigenvalue weighted by Gasteiger charge is -2.42. The number of ether oxygens (including phenoxy) is 4. The Hall–Kier alpha value is -0.803. The van der Waals surface area contributed by atoms with E-state index in [-0.39, 0.29) is 13.4 Å². The Morgan fingerprint density at radius 2 is 1.52 bits per heavy atom. The zero-order valence-electron chi connectivity index (χ0n) is 19.0. The van der Waals surface area contributed by atoms with Crippen LogP contribution in [-0.4, -0.2) is 53.8 Å². The Morgan fingerprint density at radius 1 is 0.966 bits per heavy atom. The molecule has 0 radical (unpaired) electrons. The summed E-state index contributed by atoms with van der Waals surface area (Å²) in [5, 5.41) is 9.96. The van der Waals surface area contributed by atoms with Gasteiger partial charge >= 0.3 is 0 Å². The number of aliphatic hydroxyl groups is 1. The van der Waals surface area contributed by atoms with E-state index in [0.717, 1.165) is 4.47 Å². The molecule has 1 rings (SSSR count). The molecule has 1 aromatic rings. The summed E-state index contributed by atoms with van der Waals surface area (Å²) in [6, 6.07) is 3.57. The first-order valence-corrected chi connectivity index (χ1v) is 13.0. The second kappa shape index (κ2) is 12.1. The van der Waals surface area contributed by atoms with Crippen molar-refractivity contribution >= 4 is 24.2 Å². The first-order valence-electron chi connectivity index (χ1n) is 10.0. The minimum absolute atomic E-state index is 0.0543. The van der Waals surface area contributed by atoms with E-state index in [0.29, 0.717) is 40.5 Å². The first kappa shape index (κ1) is 26.2. The van der Waals surface area contributed by atoms with E-state index in [2.05, 4.69) is 57.5 Å². The predicted octanol–water partition coefficient (Wildman–Crippen LogP) is 5.37. The Kier molecular flexibility index (Phi) is 11.0. The van der Waals surface area contributed by atoms with Crippen molar-refractivity contribution in [2.45, 2.75) is 64.3 Å². The van der Waals surface area contributed by atoms with E-state index in [9.17, 15) is 5.11 Å². The molecule has 0 saturated carbocycles. The van der Waals surface area contributed by atoms with E-state index >= 15 is 0 Å². The highest BCUT2D eigenvalue weighted by molar-refractivity contribution is 9.10. The number of rotatable bonds is 13. The molecule has 0 aliphatic rings. The number of hydrogen-bond donors (Lipinski definition) is 1. The largest absolute Gasteiger partial charge is 0.493 e. The highest BCUT2D eigenvalue weighted by Crippen LogP contribution is 2.43. The lowest BCUT2D eigenvalue weighted by atomic mass is 10.3. The maximum Gasteiger partial charge on any atom is 0.206 e. The van der Waals surface area contributed by atoms with Gasteiger partial charge in [0.2, 0.25) is 14.1 Å². The van der Waals surface area contributed by atoms with Gasteiger partial charge in [-0.2, -0.15) is 0 Å². The van der Waals surface area contributed by atoms with Crippen molar-refractivity contribution in [2.75, 3.05) is 34.2 Å². The molecule has 0 amide bonds. The van der Waals surface area contributed by atoms with Crippen LogP contribution in [0.3, 0.4) is 0 Å². The van der Waals surface area contributed by atoms with Crippen LogP contribution in [0.25, 0.3) is 0 Å². The lowest BCUT2D eigenvalue weighted by Crippen LogP contribution is -2.49. The lowest BCUT2D eigenvalue weighted by molar-refractivity contribution is 0.0364. The molecule has 29 heavy (non-hydrogen) atoms. The molecule has 168 valence electrons. The smallest absolute Gasteiger partial charge is 0.206 e. The van der Waals surface area contributed by atoms with Crippen molar-refractivity contribution in [3.8, 4) is 17.2 Å². The van der Waals surface area contributed by atoms with E-state index in [4.69, 9.17) is 23.4 Å². The number of hydrogen-bond acceptors (Lipinski definition) is 6. The second-order valence-electron chi connectivity index (χ2n) is 8.04. The van der Waals surface area contributed by atoms with Crippen LogP contribution in [0.4, 0.5) is 0 Å². The highest BCUT2D eigenvalue weighted by Gasteiger charge is 2.45. The van der Waals surface area contributed by atoms with Crippen LogP contribution >= 0.6 is 15.9 Å². The van der Waals surface area contributed by atoms with Gasteiger partial charge in [0, 0.05) is 11.6 Å². The quantitative estimate of drug-likeness (QED) is 0.294. The van der Waals surface area contributed by atoms with Gasteiger partial charge in [-0.1, -0.05) is 57.5 Å². The van der Waals surface area contributed by atoms with Crippen LogP contribution in [-0.2, 0) is 9.16 Å². The summed E-state index contributed by atoms with van der Waals surface area (Å²) in [7, 11) is 1.04. The topological polar surface area (TPSA) is 66.4 Å². The fraction of sp³-hybridized carbons (Fsp3) is 0.714. The zero-order valence-corrected chi connectivity index (χ0v) is 21.5. The monoisotopic (exact) mass is 492 g/mol. The van der Waals surface area contributed by atoms with Crippen LogP contribution in [0, 0.1) is 0 Å². The molecule has 6 nitrogen and oxygen atoms in total. The molecule has 0 unspecified atom stereocenters. The van der Waals surface area contributed by atoms with E-state index < -0.39 is 14.4 Å². The molecule has 1 N–H and O–H groups in total. The Balaban J connectivity index is 3.10. The van der Waals surface area contributed by atoms with Crippen LogP contribution in [0.15, 0.2) is 16.6 Å². The maximum absolute atomic E-state index is 9.96. The van der Waals surface area contributed by atoms with Gasteiger partial charge in [0.25, 0.3) is 0 Å². The molecule has 0 spiro atoms. The molecule has 0 heterocycles. The van der Waals surface area contributed by atoms with Crippen molar-refractivity contribution in [2.24, 2.45) is 0 Å². The molecule has 8 heteroatoms. The van der Waals surface area contributed by atoms with Gasteiger partial charge < -0.3 is 28.5 Å². The average molecular weight is 494 g/mol. The summed E-state index contributed by atoms with van der Waals surface area (Å²) in [5.74, 6) is 1.40. The minimum atomic E-state index is -2.06. The SMILES string of the molecule is COCOc1c(OC)cc(Br)cc1O[C@H](CO)CO[Si](C(C)C)(C(C)C)C(C)C. The molecule has 0 aliphatic heterocycles. The van der Waals surface area contributed by atoms with E-state index in [1.165, 1.54) is 0 Å². The molecule has 0 aliphatic carbocycles. The Bertz CT molecular complexity index is 602. The van der Waals surface area contributed by atoms with Gasteiger partial charge in [0.1, 0.15) is 6.10 Å². The Morgan fingerprint density at radius 3 is 1.97 bits per heavy atom. The van der Waals surface area contributed by atoms with Crippen molar-refractivity contribution < 1.29 is 28.5 Å². The zero-order chi connectivity index (χ0) is 22.2. The normalized spacial score (nSPS) is 13.3. The van der Waals surface area contributed by atoms with Crippen molar-refractivity contribution in [3.05, 3.63) is 16.6 Å². The van der Waals surface area contributed by atoms with Crippen molar-refractivity contribution in [3.63, 3.8) is 0 Å². The summed E-state index contributed by atoms with van der Waals surface area (Å²) in [4.78, 5) is 0. The van der Waals surface area contributed by atoms with Gasteiger partial charge in [-0.3, -0.25) is 0 Å². The molecular formula is C21H37BrO6Si. The fourth-order valence-corrected chi connectivity index (χ4v) is 9.98. The third-order valence-electron chi connectivity index (χ3n) is 5.25. The van der Waals surface area contributed by atoms with E-state index in [1.54, 1.807) is 26.4 Å².